The maximum atomic E-state index is 9.19. The van der Waals surface area contributed by atoms with Crippen molar-refractivity contribution < 1.29 is 10.2 Å². The Hall–Kier alpha value is -0.520. The molecule has 10 heavy (non-hydrogen) atoms. The third kappa shape index (κ3) is 3.49. The van der Waals surface area contributed by atoms with Gasteiger partial charge in [0.15, 0.2) is 0 Å². The lowest BCUT2D eigenvalue weighted by molar-refractivity contribution is -0.0504. The second-order valence-electron chi connectivity index (χ2n) is 2.91. The Kier molecular flexibility index (Phi) is 3.41. The van der Waals surface area contributed by atoms with Crippen LogP contribution in [0.1, 0.15) is 26.7 Å². The summed E-state index contributed by atoms with van der Waals surface area (Å²) in [5.41, 5.74) is -1.03. The van der Waals surface area contributed by atoms with Crippen molar-refractivity contribution in [2.45, 2.75) is 38.4 Å². The van der Waals surface area contributed by atoms with Gasteiger partial charge in [-0.2, -0.15) is 0 Å². The standard InChI is InChI=1S/C8H14O2/c1-4-5-6-7(9)8(2,3)10/h1,7,9-10H,5-6H2,2-3H3. The summed E-state index contributed by atoms with van der Waals surface area (Å²) in [5, 5.41) is 18.4. The number of hydrogen-bond donors (Lipinski definition) is 2. The lowest BCUT2D eigenvalue weighted by atomic mass is 9.98. The van der Waals surface area contributed by atoms with Crippen LogP contribution in [0.4, 0.5) is 0 Å². The van der Waals surface area contributed by atoms with Gasteiger partial charge in [0, 0.05) is 6.42 Å². The number of terminal acetylenes is 1. The van der Waals surface area contributed by atoms with Gasteiger partial charge in [0.05, 0.1) is 11.7 Å². The van der Waals surface area contributed by atoms with E-state index in [-0.39, 0.29) is 0 Å². The molecule has 0 radical (unpaired) electrons. The smallest absolute Gasteiger partial charge is 0.0849 e. The fraction of sp³-hybridized carbons (Fsp3) is 0.750. The fourth-order valence-corrected chi connectivity index (χ4v) is 0.573. The SMILES string of the molecule is C#CCCC(O)C(C)(C)O. The molecular formula is C8H14O2. The van der Waals surface area contributed by atoms with Gasteiger partial charge in [0.25, 0.3) is 0 Å². The van der Waals surface area contributed by atoms with E-state index in [9.17, 15) is 10.2 Å². The zero-order valence-electron chi connectivity index (χ0n) is 6.46. The molecule has 0 spiro atoms. The van der Waals surface area contributed by atoms with Crippen LogP contribution < -0.4 is 0 Å². The minimum absolute atomic E-state index is 0.458. The number of aliphatic hydroxyl groups excluding tert-OH is 1. The third-order valence-corrected chi connectivity index (χ3v) is 1.38. The van der Waals surface area contributed by atoms with Gasteiger partial charge < -0.3 is 10.2 Å². The largest absolute Gasteiger partial charge is 0.390 e. The number of rotatable bonds is 3. The van der Waals surface area contributed by atoms with Gasteiger partial charge >= 0.3 is 0 Å². The molecule has 0 aromatic rings. The monoisotopic (exact) mass is 142 g/mol. The predicted octanol–water partition coefficient (Wildman–Crippen LogP) is 0.532. The summed E-state index contributed by atoms with van der Waals surface area (Å²) in [6.45, 7) is 3.13. The molecule has 0 aliphatic heterocycles. The molecule has 0 aromatic carbocycles. The summed E-state index contributed by atoms with van der Waals surface area (Å²) in [6, 6.07) is 0. The second-order valence-corrected chi connectivity index (χ2v) is 2.91. The Morgan fingerprint density at radius 2 is 2.10 bits per heavy atom. The van der Waals surface area contributed by atoms with Crippen LogP contribution in [0.2, 0.25) is 0 Å². The topological polar surface area (TPSA) is 40.5 Å². The van der Waals surface area contributed by atoms with E-state index >= 15 is 0 Å². The molecule has 0 rings (SSSR count). The summed E-state index contributed by atoms with van der Waals surface area (Å²) < 4.78 is 0. The molecule has 2 heteroatoms. The normalized spacial score (nSPS) is 14.3. The van der Waals surface area contributed by atoms with Crippen LogP contribution in [0.5, 0.6) is 0 Å². The van der Waals surface area contributed by atoms with E-state index in [4.69, 9.17) is 6.42 Å². The van der Waals surface area contributed by atoms with Gasteiger partial charge in [0.2, 0.25) is 0 Å². The van der Waals surface area contributed by atoms with E-state index in [1.54, 1.807) is 13.8 Å². The average Bonchev–Trinajstić information content (AvgIpc) is 1.80. The van der Waals surface area contributed by atoms with E-state index in [0.717, 1.165) is 0 Å². The van der Waals surface area contributed by atoms with E-state index in [1.807, 2.05) is 0 Å². The summed E-state index contributed by atoms with van der Waals surface area (Å²) in [5.74, 6) is 2.40. The molecule has 0 bridgehead atoms. The van der Waals surface area contributed by atoms with Crippen molar-refractivity contribution in [2.75, 3.05) is 0 Å². The summed E-state index contributed by atoms with van der Waals surface area (Å²) in [6.07, 6.45) is 5.22. The molecule has 0 saturated heterocycles. The molecule has 2 N–H and O–H groups in total. The highest BCUT2D eigenvalue weighted by atomic mass is 16.3. The summed E-state index contributed by atoms with van der Waals surface area (Å²) in [4.78, 5) is 0. The highest BCUT2D eigenvalue weighted by Crippen LogP contribution is 2.12. The van der Waals surface area contributed by atoms with Crippen LogP contribution in [0.25, 0.3) is 0 Å². The Bertz CT molecular complexity index is 127. The maximum Gasteiger partial charge on any atom is 0.0849 e. The Balaban J connectivity index is 3.65. The summed E-state index contributed by atoms with van der Waals surface area (Å²) in [7, 11) is 0. The van der Waals surface area contributed by atoms with Crippen molar-refractivity contribution in [1.29, 1.82) is 0 Å². The summed E-state index contributed by atoms with van der Waals surface area (Å²) >= 11 is 0. The Morgan fingerprint density at radius 1 is 1.60 bits per heavy atom. The molecule has 0 aromatic heterocycles. The highest BCUT2D eigenvalue weighted by Gasteiger charge is 2.23. The molecular weight excluding hydrogens is 128 g/mol. The van der Waals surface area contributed by atoms with Gasteiger partial charge in [-0.25, -0.2) is 0 Å². The molecule has 0 fully saturated rings. The third-order valence-electron chi connectivity index (χ3n) is 1.38. The first-order valence-electron chi connectivity index (χ1n) is 3.32. The zero-order valence-corrected chi connectivity index (χ0v) is 6.46. The minimum Gasteiger partial charge on any atom is -0.390 e. The molecule has 0 amide bonds. The van der Waals surface area contributed by atoms with Crippen molar-refractivity contribution in [3.05, 3.63) is 0 Å². The lowest BCUT2D eigenvalue weighted by Gasteiger charge is -2.23. The molecule has 0 heterocycles. The predicted molar refractivity (Wildman–Crippen MR) is 40.4 cm³/mol. The van der Waals surface area contributed by atoms with Gasteiger partial charge in [-0.3, -0.25) is 0 Å². The lowest BCUT2D eigenvalue weighted by Crippen LogP contribution is -2.35. The van der Waals surface area contributed by atoms with Crippen molar-refractivity contribution in [1.82, 2.24) is 0 Å². The molecule has 0 aliphatic carbocycles. The van der Waals surface area contributed by atoms with Gasteiger partial charge in [-0.1, -0.05) is 0 Å². The van der Waals surface area contributed by atoms with Crippen LogP contribution >= 0.6 is 0 Å². The first-order valence-corrected chi connectivity index (χ1v) is 3.32. The van der Waals surface area contributed by atoms with Crippen LogP contribution in [0.15, 0.2) is 0 Å². The molecule has 0 saturated carbocycles. The molecule has 58 valence electrons. The van der Waals surface area contributed by atoms with Gasteiger partial charge in [0.1, 0.15) is 0 Å². The molecule has 1 atom stereocenters. The van der Waals surface area contributed by atoms with E-state index in [1.165, 1.54) is 0 Å². The Labute approximate surface area is 61.9 Å². The van der Waals surface area contributed by atoms with Crippen LogP contribution in [0, 0.1) is 12.3 Å². The van der Waals surface area contributed by atoms with Crippen molar-refractivity contribution in [3.63, 3.8) is 0 Å². The first kappa shape index (κ1) is 9.48. The Morgan fingerprint density at radius 3 is 2.40 bits per heavy atom. The zero-order chi connectivity index (χ0) is 8.20. The van der Waals surface area contributed by atoms with Crippen molar-refractivity contribution in [2.24, 2.45) is 0 Å². The fourth-order valence-electron chi connectivity index (χ4n) is 0.573. The van der Waals surface area contributed by atoms with Crippen LogP contribution in [-0.4, -0.2) is 21.9 Å². The average molecular weight is 142 g/mol. The van der Waals surface area contributed by atoms with E-state index in [2.05, 4.69) is 5.92 Å². The number of hydrogen-bond acceptors (Lipinski definition) is 2. The second kappa shape index (κ2) is 3.60. The van der Waals surface area contributed by atoms with E-state index in [0.29, 0.717) is 12.8 Å². The minimum atomic E-state index is -1.03. The van der Waals surface area contributed by atoms with E-state index < -0.39 is 11.7 Å². The van der Waals surface area contributed by atoms with Crippen molar-refractivity contribution >= 4 is 0 Å². The number of aliphatic hydroxyl groups is 2. The highest BCUT2D eigenvalue weighted by molar-refractivity contribution is 4.87. The van der Waals surface area contributed by atoms with Gasteiger partial charge in [-0.05, 0) is 20.3 Å². The quantitative estimate of drug-likeness (QED) is 0.564. The molecule has 0 aliphatic rings. The molecule has 1 unspecified atom stereocenters. The van der Waals surface area contributed by atoms with Crippen molar-refractivity contribution in [3.8, 4) is 12.3 Å². The first-order chi connectivity index (χ1) is 4.48. The maximum absolute atomic E-state index is 9.19. The molecule has 2 nitrogen and oxygen atoms in total. The van der Waals surface area contributed by atoms with Crippen LogP contribution in [-0.2, 0) is 0 Å². The van der Waals surface area contributed by atoms with Crippen LogP contribution in [0.3, 0.4) is 0 Å². The van der Waals surface area contributed by atoms with Gasteiger partial charge in [-0.15, -0.1) is 12.3 Å².